The van der Waals surface area contributed by atoms with E-state index in [0.717, 1.165) is 26.3 Å². The molecule has 0 aromatic heterocycles. The molecule has 3 nitrogen and oxygen atoms in total. The Hall–Kier alpha value is -0.120. The third-order valence-corrected chi connectivity index (χ3v) is 3.79. The van der Waals surface area contributed by atoms with Crippen molar-refractivity contribution in [3.8, 4) is 0 Å². The second kappa shape index (κ2) is 8.06. The van der Waals surface area contributed by atoms with Crippen LogP contribution >= 0.6 is 0 Å². The Labute approximate surface area is 107 Å². The molecule has 1 heterocycles. The van der Waals surface area contributed by atoms with Crippen LogP contribution < -0.4 is 5.32 Å². The highest BCUT2D eigenvalue weighted by Crippen LogP contribution is 2.13. The third-order valence-electron chi connectivity index (χ3n) is 3.79. The van der Waals surface area contributed by atoms with Gasteiger partial charge in [0.05, 0.1) is 13.2 Å². The molecule has 1 fully saturated rings. The monoisotopic (exact) mass is 242 g/mol. The molecule has 3 atom stereocenters. The minimum atomic E-state index is 0.613. The average Bonchev–Trinajstić information content (AvgIpc) is 2.36. The standard InChI is InChI=1S/C14H30N2O/c1-5-7-12(3)15-10-13(4)16-8-9-17-11-14(16)6-2/h12-15H,5-11H2,1-4H3. The fourth-order valence-electron chi connectivity index (χ4n) is 2.62. The Kier molecular flexibility index (Phi) is 7.09. The summed E-state index contributed by atoms with van der Waals surface area (Å²) in [6.07, 6.45) is 3.72. The van der Waals surface area contributed by atoms with Gasteiger partial charge in [-0.05, 0) is 26.7 Å². The molecule has 3 heteroatoms. The molecule has 0 amide bonds. The molecule has 0 aliphatic carbocycles. The van der Waals surface area contributed by atoms with Crippen molar-refractivity contribution in [3.05, 3.63) is 0 Å². The Morgan fingerprint density at radius 3 is 2.76 bits per heavy atom. The fraction of sp³-hybridized carbons (Fsp3) is 1.00. The number of rotatable bonds is 7. The summed E-state index contributed by atoms with van der Waals surface area (Å²) < 4.78 is 5.56. The summed E-state index contributed by atoms with van der Waals surface area (Å²) in [5, 5.41) is 3.64. The predicted molar refractivity (Wildman–Crippen MR) is 73.4 cm³/mol. The lowest BCUT2D eigenvalue weighted by atomic mass is 10.1. The van der Waals surface area contributed by atoms with Crippen molar-refractivity contribution in [1.82, 2.24) is 10.2 Å². The first-order chi connectivity index (χ1) is 8.19. The SMILES string of the molecule is CCCC(C)NCC(C)N1CCOCC1CC. The van der Waals surface area contributed by atoms with Crippen molar-refractivity contribution in [3.63, 3.8) is 0 Å². The molecule has 0 aromatic rings. The van der Waals surface area contributed by atoms with Crippen LogP contribution in [0.1, 0.15) is 47.0 Å². The van der Waals surface area contributed by atoms with Crippen LogP contribution in [0.3, 0.4) is 0 Å². The Morgan fingerprint density at radius 2 is 2.12 bits per heavy atom. The molecule has 1 rings (SSSR count). The van der Waals surface area contributed by atoms with Gasteiger partial charge in [0.25, 0.3) is 0 Å². The van der Waals surface area contributed by atoms with Gasteiger partial charge in [0.1, 0.15) is 0 Å². The zero-order valence-electron chi connectivity index (χ0n) is 12.0. The molecule has 0 saturated carbocycles. The summed E-state index contributed by atoms with van der Waals surface area (Å²) in [6, 6.07) is 1.87. The summed E-state index contributed by atoms with van der Waals surface area (Å²) in [7, 11) is 0. The van der Waals surface area contributed by atoms with Gasteiger partial charge in [-0.25, -0.2) is 0 Å². The van der Waals surface area contributed by atoms with Crippen LogP contribution in [0.5, 0.6) is 0 Å². The number of hydrogen-bond acceptors (Lipinski definition) is 3. The molecule has 1 aliphatic rings. The zero-order chi connectivity index (χ0) is 12.7. The molecule has 17 heavy (non-hydrogen) atoms. The summed E-state index contributed by atoms with van der Waals surface area (Å²) in [6.45, 7) is 13.1. The van der Waals surface area contributed by atoms with E-state index in [1.807, 2.05) is 0 Å². The zero-order valence-corrected chi connectivity index (χ0v) is 12.0. The third kappa shape index (κ3) is 4.94. The lowest BCUT2D eigenvalue weighted by molar-refractivity contribution is -0.0266. The summed E-state index contributed by atoms with van der Waals surface area (Å²) in [4.78, 5) is 2.61. The highest BCUT2D eigenvalue weighted by atomic mass is 16.5. The lowest BCUT2D eigenvalue weighted by Gasteiger charge is -2.39. The highest BCUT2D eigenvalue weighted by molar-refractivity contribution is 4.80. The van der Waals surface area contributed by atoms with Gasteiger partial charge in [-0.2, -0.15) is 0 Å². The van der Waals surface area contributed by atoms with Crippen molar-refractivity contribution in [2.75, 3.05) is 26.3 Å². The van der Waals surface area contributed by atoms with Gasteiger partial charge in [0.2, 0.25) is 0 Å². The number of ether oxygens (including phenoxy) is 1. The maximum absolute atomic E-state index is 5.56. The summed E-state index contributed by atoms with van der Waals surface area (Å²) in [5.41, 5.74) is 0. The largest absolute Gasteiger partial charge is 0.378 e. The van der Waals surface area contributed by atoms with Crippen molar-refractivity contribution < 1.29 is 4.74 Å². The minimum absolute atomic E-state index is 0.613. The van der Waals surface area contributed by atoms with Crippen molar-refractivity contribution in [2.24, 2.45) is 0 Å². The average molecular weight is 242 g/mol. The molecule has 0 radical (unpaired) electrons. The van der Waals surface area contributed by atoms with E-state index >= 15 is 0 Å². The summed E-state index contributed by atoms with van der Waals surface area (Å²) >= 11 is 0. The smallest absolute Gasteiger partial charge is 0.0622 e. The first-order valence-corrected chi connectivity index (χ1v) is 7.25. The van der Waals surface area contributed by atoms with E-state index in [2.05, 4.69) is 37.9 Å². The van der Waals surface area contributed by atoms with Crippen LogP contribution in [-0.2, 0) is 4.74 Å². The van der Waals surface area contributed by atoms with Crippen LogP contribution in [0.4, 0.5) is 0 Å². The van der Waals surface area contributed by atoms with E-state index in [9.17, 15) is 0 Å². The Bertz CT molecular complexity index is 199. The fourth-order valence-corrected chi connectivity index (χ4v) is 2.62. The molecule has 0 aromatic carbocycles. The van der Waals surface area contributed by atoms with Crippen molar-refractivity contribution >= 4 is 0 Å². The van der Waals surface area contributed by atoms with Gasteiger partial charge in [-0.15, -0.1) is 0 Å². The molecule has 0 spiro atoms. The molecular formula is C14H30N2O. The van der Waals surface area contributed by atoms with Gasteiger partial charge in [-0.1, -0.05) is 20.3 Å². The van der Waals surface area contributed by atoms with Crippen molar-refractivity contribution in [2.45, 2.75) is 65.1 Å². The Balaban J connectivity index is 2.31. The molecular weight excluding hydrogens is 212 g/mol. The minimum Gasteiger partial charge on any atom is -0.378 e. The molecule has 1 N–H and O–H groups in total. The maximum Gasteiger partial charge on any atom is 0.0622 e. The number of nitrogens with zero attached hydrogens (tertiary/aromatic N) is 1. The van der Waals surface area contributed by atoms with E-state index in [-0.39, 0.29) is 0 Å². The molecule has 1 aliphatic heterocycles. The first kappa shape index (κ1) is 14.9. The van der Waals surface area contributed by atoms with Gasteiger partial charge >= 0.3 is 0 Å². The molecule has 0 bridgehead atoms. The number of morpholine rings is 1. The summed E-state index contributed by atoms with van der Waals surface area (Å²) in [5.74, 6) is 0. The van der Waals surface area contributed by atoms with Gasteiger partial charge in [-0.3, -0.25) is 4.90 Å². The lowest BCUT2D eigenvalue weighted by Crippen LogP contribution is -2.53. The first-order valence-electron chi connectivity index (χ1n) is 7.25. The maximum atomic E-state index is 5.56. The number of nitrogens with one attached hydrogen (secondary N) is 1. The van der Waals surface area contributed by atoms with Gasteiger partial charge in [0.15, 0.2) is 0 Å². The van der Waals surface area contributed by atoms with Crippen LogP contribution in [-0.4, -0.2) is 49.3 Å². The van der Waals surface area contributed by atoms with E-state index in [1.54, 1.807) is 0 Å². The molecule has 3 unspecified atom stereocenters. The van der Waals surface area contributed by atoms with Crippen LogP contribution in [0.25, 0.3) is 0 Å². The van der Waals surface area contributed by atoms with Crippen LogP contribution in [0, 0.1) is 0 Å². The van der Waals surface area contributed by atoms with Crippen LogP contribution in [0.15, 0.2) is 0 Å². The quantitative estimate of drug-likeness (QED) is 0.741. The predicted octanol–water partition coefficient (Wildman–Crippen LogP) is 2.26. The second-order valence-corrected chi connectivity index (χ2v) is 5.32. The Morgan fingerprint density at radius 1 is 1.35 bits per heavy atom. The van der Waals surface area contributed by atoms with E-state index in [0.29, 0.717) is 18.1 Å². The van der Waals surface area contributed by atoms with Crippen LogP contribution in [0.2, 0.25) is 0 Å². The van der Waals surface area contributed by atoms with E-state index in [4.69, 9.17) is 4.74 Å². The molecule has 1 saturated heterocycles. The topological polar surface area (TPSA) is 24.5 Å². The second-order valence-electron chi connectivity index (χ2n) is 5.32. The van der Waals surface area contributed by atoms with E-state index in [1.165, 1.54) is 19.3 Å². The van der Waals surface area contributed by atoms with Gasteiger partial charge < -0.3 is 10.1 Å². The van der Waals surface area contributed by atoms with Gasteiger partial charge in [0, 0.05) is 31.2 Å². The number of hydrogen-bond donors (Lipinski definition) is 1. The normalized spacial score (nSPS) is 25.8. The van der Waals surface area contributed by atoms with Crippen molar-refractivity contribution in [1.29, 1.82) is 0 Å². The van der Waals surface area contributed by atoms with E-state index < -0.39 is 0 Å². The molecule has 102 valence electrons. The highest BCUT2D eigenvalue weighted by Gasteiger charge is 2.25.